The molecular weight excluding hydrogens is 340 g/mol. The summed E-state index contributed by atoms with van der Waals surface area (Å²) in [5.41, 5.74) is 0.771. The van der Waals surface area contributed by atoms with E-state index in [4.69, 9.17) is 4.74 Å². The Morgan fingerprint density at radius 1 is 1.36 bits per heavy atom. The molecule has 0 fully saturated rings. The van der Waals surface area contributed by atoms with Gasteiger partial charge in [0.25, 0.3) is 0 Å². The lowest BCUT2D eigenvalue weighted by Gasteiger charge is -2.17. The second-order valence-electron chi connectivity index (χ2n) is 5.71. The molecule has 0 aliphatic heterocycles. The van der Waals surface area contributed by atoms with Crippen LogP contribution in [-0.4, -0.2) is 39.6 Å². The van der Waals surface area contributed by atoms with E-state index in [1.807, 2.05) is 37.3 Å². The number of nitrogens with one attached hydrogen (secondary N) is 2. The average Bonchev–Trinajstić information content (AvgIpc) is 2.96. The van der Waals surface area contributed by atoms with Gasteiger partial charge in [0.15, 0.2) is 5.16 Å². The first-order valence-electron chi connectivity index (χ1n) is 8.19. The zero-order chi connectivity index (χ0) is 18.2. The van der Waals surface area contributed by atoms with Crippen molar-refractivity contribution in [2.24, 2.45) is 0 Å². The van der Waals surface area contributed by atoms with Gasteiger partial charge in [0.05, 0.1) is 11.3 Å². The molecule has 0 saturated carbocycles. The first-order chi connectivity index (χ1) is 12.0. The van der Waals surface area contributed by atoms with Gasteiger partial charge >= 0.3 is 5.69 Å². The van der Waals surface area contributed by atoms with E-state index in [1.165, 1.54) is 16.3 Å². The number of carbonyl (C=O) groups excluding carboxylic acids is 1. The van der Waals surface area contributed by atoms with E-state index in [0.29, 0.717) is 24.7 Å². The second kappa shape index (κ2) is 9.43. The van der Waals surface area contributed by atoms with Crippen LogP contribution in [0.2, 0.25) is 0 Å². The van der Waals surface area contributed by atoms with Crippen molar-refractivity contribution in [2.45, 2.75) is 43.3 Å². The summed E-state index contributed by atoms with van der Waals surface area (Å²) in [7, 11) is 1.62. The summed E-state index contributed by atoms with van der Waals surface area (Å²) in [6, 6.07) is 9.70. The maximum Gasteiger partial charge on any atom is 0.343 e. The molecule has 1 heterocycles. The third-order valence-electron chi connectivity index (χ3n) is 3.76. The number of hydrogen-bond donors (Lipinski definition) is 2. The van der Waals surface area contributed by atoms with Crippen molar-refractivity contribution in [1.29, 1.82) is 0 Å². The third kappa shape index (κ3) is 5.47. The molecule has 2 rings (SSSR count). The Morgan fingerprint density at radius 2 is 2.08 bits per heavy atom. The number of aromatic nitrogens is 3. The second-order valence-corrected chi connectivity index (χ2v) is 7.02. The first-order valence-corrected chi connectivity index (χ1v) is 9.07. The van der Waals surface area contributed by atoms with E-state index >= 15 is 0 Å². The van der Waals surface area contributed by atoms with Gasteiger partial charge < -0.3 is 10.1 Å². The number of ether oxygens (including phenoxy) is 1. The summed E-state index contributed by atoms with van der Waals surface area (Å²) in [6.07, 6.45) is 0.703. The third-order valence-corrected chi connectivity index (χ3v) is 4.85. The van der Waals surface area contributed by atoms with Crippen LogP contribution in [0.4, 0.5) is 0 Å². The topological polar surface area (TPSA) is 89.0 Å². The number of methoxy groups -OCH3 is 1. The number of thioether (sulfide) groups is 1. The Hall–Kier alpha value is -2.06. The fourth-order valence-electron chi connectivity index (χ4n) is 2.32. The molecular formula is C17H24N4O3S. The molecule has 0 bridgehead atoms. The van der Waals surface area contributed by atoms with Gasteiger partial charge in [0, 0.05) is 20.3 Å². The maximum absolute atomic E-state index is 12.4. The number of carbonyl (C=O) groups is 1. The van der Waals surface area contributed by atoms with E-state index in [0.717, 1.165) is 5.56 Å². The summed E-state index contributed by atoms with van der Waals surface area (Å²) in [6.45, 7) is 4.81. The Bertz CT molecular complexity index is 729. The van der Waals surface area contributed by atoms with Gasteiger partial charge in [-0.3, -0.25) is 9.36 Å². The van der Waals surface area contributed by atoms with Crippen LogP contribution >= 0.6 is 11.8 Å². The number of amides is 1. The number of aromatic amines is 1. The van der Waals surface area contributed by atoms with Gasteiger partial charge in [-0.2, -0.15) is 0 Å². The Balaban J connectivity index is 1.96. The van der Waals surface area contributed by atoms with Crippen molar-refractivity contribution in [3.63, 3.8) is 0 Å². The van der Waals surface area contributed by atoms with Crippen LogP contribution in [0.3, 0.4) is 0 Å². The fraction of sp³-hybridized carbons (Fsp3) is 0.471. The standard InChI is InChI=1S/C17H24N4O3S/c1-12(14-8-5-4-6-9-14)18-15(22)13(2)25-17-20-19-16(23)21(17)10-7-11-24-3/h4-6,8-9,12-13H,7,10-11H2,1-3H3,(H,18,22)(H,19,23). The smallest absolute Gasteiger partial charge is 0.343 e. The highest BCUT2D eigenvalue weighted by Crippen LogP contribution is 2.21. The van der Waals surface area contributed by atoms with Crippen molar-refractivity contribution < 1.29 is 9.53 Å². The molecule has 2 atom stereocenters. The van der Waals surface area contributed by atoms with Crippen LogP contribution < -0.4 is 11.0 Å². The molecule has 2 aromatic rings. The lowest BCUT2D eigenvalue weighted by molar-refractivity contribution is -0.120. The molecule has 8 heteroatoms. The largest absolute Gasteiger partial charge is 0.385 e. The van der Waals surface area contributed by atoms with Crippen LogP contribution in [-0.2, 0) is 16.1 Å². The Labute approximate surface area is 151 Å². The Kier molecular flexibility index (Phi) is 7.27. The van der Waals surface area contributed by atoms with E-state index < -0.39 is 0 Å². The molecule has 136 valence electrons. The van der Waals surface area contributed by atoms with Crippen molar-refractivity contribution in [1.82, 2.24) is 20.1 Å². The zero-order valence-electron chi connectivity index (χ0n) is 14.7. The van der Waals surface area contributed by atoms with Crippen LogP contribution in [0.15, 0.2) is 40.3 Å². The number of rotatable bonds is 9. The van der Waals surface area contributed by atoms with Crippen LogP contribution in [0.5, 0.6) is 0 Å². The number of nitrogens with zero attached hydrogens (tertiary/aromatic N) is 2. The zero-order valence-corrected chi connectivity index (χ0v) is 15.5. The summed E-state index contributed by atoms with van der Waals surface area (Å²) in [5, 5.41) is 9.59. The average molecular weight is 364 g/mol. The molecule has 25 heavy (non-hydrogen) atoms. The molecule has 1 aromatic carbocycles. The fourth-order valence-corrected chi connectivity index (χ4v) is 3.22. The normalized spacial score (nSPS) is 13.4. The quantitative estimate of drug-likeness (QED) is 0.524. The van der Waals surface area contributed by atoms with E-state index in [2.05, 4.69) is 15.5 Å². The molecule has 0 spiro atoms. The van der Waals surface area contributed by atoms with Gasteiger partial charge in [-0.15, -0.1) is 5.10 Å². The van der Waals surface area contributed by atoms with Gasteiger partial charge in [-0.25, -0.2) is 9.89 Å². The summed E-state index contributed by atoms with van der Waals surface area (Å²) >= 11 is 1.26. The van der Waals surface area contributed by atoms with E-state index in [9.17, 15) is 9.59 Å². The molecule has 7 nitrogen and oxygen atoms in total. The molecule has 1 aromatic heterocycles. The molecule has 0 aliphatic carbocycles. The molecule has 0 radical (unpaired) electrons. The lowest BCUT2D eigenvalue weighted by atomic mass is 10.1. The minimum atomic E-state index is -0.373. The van der Waals surface area contributed by atoms with Crippen LogP contribution in [0.1, 0.15) is 31.9 Å². The highest BCUT2D eigenvalue weighted by atomic mass is 32.2. The molecule has 1 amide bonds. The van der Waals surface area contributed by atoms with E-state index in [-0.39, 0.29) is 22.9 Å². The first kappa shape index (κ1) is 19.3. The van der Waals surface area contributed by atoms with Crippen molar-refractivity contribution in [3.8, 4) is 0 Å². The lowest BCUT2D eigenvalue weighted by Crippen LogP contribution is -2.33. The van der Waals surface area contributed by atoms with Crippen LogP contribution in [0, 0.1) is 0 Å². The number of hydrogen-bond acceptors (Lipinski definition) is 5. The monoisotopic (exact) mass is 364 g/mol. The number of H-pyrrole nitrogens is 1. The highest BCUT2D eigenvalue weighted by molar-refractivity contribution is 8.00. The predicted octanol–water partition coefficient (Wildman–Crippen LogP) is 1.97. The van der Waals surface area contributed by atoms with Crippen molar-refractivity contribution in [3.05, 3.63) is 46.4 Å². The van der Waals surface area contributed by atoms with Gasteiger partial charge in [0.1, 0.15) is 0 Å². The van der Waals surface area contributed by atoms with Crippen molar-refractivity contribution in [2.75, 3.05) is 13.7 Å². The molecule has 2 N–H and O–H groups in total. The van der Waals surface area contributed by atoms with Gasteiger partial charge in [-0.1, -0.05) is 42.1 Å². The van der Waals surface area contributed by atoms with Crippen molar-refractivity contribution >= 4 is 17.7 Å². The van der Waals surface area contributed by atoms with E-state index in [1.54, 1.807) is 14.0 Å². The molecule has 0 saturated heterocycles. The molecule has 2 unspecified atom stereocenters. The maximum atomic E-state index is 12.4. The minimum absolute atomic E-state index is 0.0835. The number of benzene rings is 1. The summed E-state index contributed by atoms with van der Waals surface area (Å²) in [4.78, 5) is 24.3. The minimum Gasteiger partial charge on any atom is -0.385 e. The Morgan fingerprint density at radius 3 is 2.76 bits per heavy atom. The SMILES string of the molecule is COCCCn1c(SC(C)C(=O)NC(C)c2ccccc2)n[nH]c1=O. The predicted molar refractivity (Wildman–Crippen MR) is 97.7 cm³/mol. The van der Waals surface area contributed by atoms with Gasteiger partial charge in [0.2, 0.25) is 5.91 Å². The highest BCUT2D eigenvalue weighted by Gasteiger charge is 2.20. The van der Waals surface area contributed by atoms with Crippen LogP contribution in [0.25, 0.3) is 0 Å². The summed E-state index contributed by atoms with van der Waals surface area (Å²) < 4.78 is 6.54. The summed E-state index contributed by atoms with van der Waals surface area (Å²) in [5.74, 6) is -0.0970. The van der Waals surface area contributed by atoms with Gasteiger partial charge in [-0.05, 0) is 25.8 Å². The molecule has 0 aliphatic rings.